The molecule has 0 saturated carbocycles. The highest BCUT2D eigenvalue weighted by molar-refractivity contribution is 9.10. The molecular formula is C24H20BrNO3. The van der Waals surface area contributed by atoms with E-state index < -0.39 is 17.4 Å². The average Bonchev–Trinajstić information content (AvgIpc) is 2.96. The van der Waals surface area contributed by atoms with E-state index in [0.717, 1.165) is 10.0 Å². The monoisotopic (exact) mass is 449 g/mol. The molecule has 0 radical (unpaired) electrons. The van der Waals surface area contributed by atoms with Gasteiger partial charge in [-0.25, -0.2) is 0 Å². The Kier molecular flexibility index (Phi) is 5.11. The van der Waals surface area contributed by atoms with Crippen LogP contribution in [-0.4, -0.2) is 16.8 Å². The van der Waals surface area contributed by atoms with Crippen LogP contribution in [0, 0.1) is 5.92 Å². The van der Waals surface area contributed by atoms with E-state index in [4.69, 9.17) is 0 Å². The number of Topliss-reactive ketones (excluding diaryl/α,β-unsaturated/α-hetero) is 1. The van der Waals surface area contributed by atoms with Gasteiger partial charge in [-0.1, -0.05) is 83.5 Å². The summed E-state index contributed by atoms with van der Waals surface area (Å²) < 4.78 is 0.739. The fraction of sp³-hybridized carbons (Fsp3) is 0.167. The van der Waals surface area contributed by atoms with Crippen molar-refractivity contribution in [1.82, 2.24) is 0 Å². The zero-order chi connectivity index (χ0) is 20.6. The van der Waals surface area contributed by atoms with E-state index in [0.29, 0.717) is 23.4 Å². The summed E-state index contributed by atoms with van der Waals surface area (Å²) in [6.07, 6.45) is 0. The van der Waals surface area contributed by atoms with Gasteiger partial charge in [0.2, 0.25) is 0 Å². The topological polar surface area (TPSA) is 57.6 Å². The number of hydrogen-bond donors (Lipinski definition) is 1. The van der Waals surface area contributed by atoms with Crippen LogP contribution in [0.2, 0.25) is 0 Å². The second-order valence-electron chi connectivity index (χ2n) is 7.26. The lowest BCUT2D eigenvalue weighted by Gasteiger charge is -2.28. The van der Waals surface area contributed by atoms with Crippen LogP contribution >= 0.6 is 15.9 Å². The molecule has 0 spiro atoms. The normalized spacial score (nSPS) is 19.1. The molecule has 0 saturated heterocycles. The number of aliphatic hydroxyl groups is 1. The van der Waals surface area contributed by atoms with Crippen molar-refractivity contribution >= 4 is 33.3 Å². The zero-order valence-electron chi connectivity index (χ0n) is 15.9. The molecule has 1 heterocycles. The number of amides is 1. The van der Waals surface area contributed by atoms with Crippen LogP contribution in [0.4, 0.5) is 5.69 Å². The molecule has 0 aromatic heterocycles. The second kappa shape index (κ2) is 7.58. The Balaban J connectivity index is 1.78. The first kappa shape index (κ1) is 19.6. The van der Waals surface area contributed by atoms with Crippen LogP contribution in [0.1, 0.15) is 28.4 Å². The largest absolute Gasteiger partial charge is 0.375 e. The Morgan fingerprint density at radius 1 is 1.03 bits per heavy atom. The van der Waals surface area contributed by atoms with Crippen molar-refractivity contribution in [2.45, 2.75) is 19.1 Å². The maximum absolute atomic E-state index is 13.5. The third-order valence-electron chi connectivity index (χ3n) is 5.49. The van der Waals surface area contributed by atoms with E-state index in [9.17, 15) is 14.7 Å². The van der Waals surface area contributed by atoms with E-state index in [2.05, 4.69) is 15.9 Å². The molecule has 4 nitrogen and oxygen atoms in total. The molecule has 4 rings (SSSR count). The summed E-state index contributed by atoms with van der Waals surface area (Å²) >= 11 is 3.43. The first-order valence-corrected chi connectivity index (χ1v) is 10.2. The Labute approximate surface area is 177 Å². The van der Waals surface area contributed by atoms with E-state index in [-0.39, 0.29) is 5.78 Å². The van der Waals surface area contributed by atoms with Crippen LogP contribution in [0.3, 0.4) is 0 Å². The number of carbonyl (C=O) groups is 2. The molecule has 3 aromatic carbocycles. The molecule has 3 aromatic rings. The number of halogens is 1. The fourth-order valence-electron chi connectivity index (χ4n) is 3.86. The van der Waals surface area contributed by atoms with E-state index >= 15 is 0 Å². The van der Waals surface area contributed by atoms with Gasteiger partial charge in [0.1, 0.15) is 0 Å². The average molecular weight is 450 g/mol. The minimum absolute atomic E-state index is 0.270. The molecule has 2 unspecified atom stereocenters. The number of carbonyl (C=O) groups excluding carboxylic acids is 2. The highest BCUT2D eigenvalue weighted by Crippen LogP contribution is 2.47. The van der Waals surface area contributed by atoms with Gasteiger partial charge >= 0.3 is 0 Å². The zero-order valence-corrected chi connectivity index (χ0v) is 17.5. The van der Waals surface area contributed by atoms with Gasteiger partial charge in [0, 0.05) is 15.6 Å². The van der Waals surface area contributed by atoms with E-state index in [1.165, 1.54) is 0 Å². The summed E-state index contributed by atoms with van der Waals surface area (Å²) in [6.45, 7) is 1.94. The minimum atomic E-state index is -1.93. The number of rotatable bonds is 5. The molecule has 29 heavy (non-hydrogen) atoms. The van der Waals surface area contributed by atoms with Gasteiger partial charge in [-0.3, -0.25) is 9.59 Å². The third-order valence-corrected chi connectivity index (χ3v) is 5.99. The lowest BCUT2D eigenvalue weighted by atomic mass is 9.79. The van der Waals surface area contributed by atoms with Crippen molar-refractivity contribution in [3.8, 4) is 0 Å². The molecule has 1 aliphatic rings. The van der Waals surface area contributed by atoms with Crippen LogP contribution < -0.4 is 4.90 Å². The second-order valence-corrected chi connectivity index (χ2v) is 8.17. The predicted octanol–water partition coefficient (Wildman–Crippen LogP) is 4.70. The van der Waals surface area contributed by atoms with Crippen molar-refractivity contribution in [3.05, 3.63) is 100 Å². The number of ketones is 1. The van der Waals surface area contributed by atoms with Crippen LogP contribution in [0.5, 0.6) is 0 Å². The van der Waals surface area contributed by atoms with E-state index in [1.54, 1.807) is 48.2 Å². The summed E-state index contributed by atoms with van der Waals surface area (Å²) in [4.78, 5) is 28.1. The molecular weight excluding hydrogens is 430 g/mol. The lowest BCUT2D eigenvalue weighted by Crippen LogP contribution is -2.47. The van der Waals surface area contributed by atoms with Crippen LogP contribution in [0.15, 0.2) is 83.3 Å². The Hall–Kier alpha value is -2.76. The fourth-order valence-corrected chi connectivity index (χ4v) is 4.22. The maximum atomic E-state index is 13.5. The molecule has 0 fully saturated rings. The summed E-state index contributed by atoms with van der Waals surface area (Å²) in [5.74, 6) is -1.69. The van der Waals surface area contributed by atoms with Crippen molar-refractivity contribution in [2.75, 3.05) is 4.90 Å². The number of hydrogen-bond acceptors (Lipinski definition) is 3. The predicted molar refractivity (Wildman–Crippen MR) is 116 cm³/mol. The molecule has 0 bridgehead atoms. The van der Waals surface area contributed by atoms with Gasteiger partial charge in [0.15, 0.2) is 11.4 Å². The molecule has 1 aliphatic heterocycles. The van der Waals surface area contributed by atoms with Crippen molar-refractivity contribution in [2.24, 2.45) is 5.92 Å². The van der Waals surface area contributed by atoms with Crippen molar-refractivity contribution in [1.29, 1.82) is 0 Å². The Morgan fingerprint density at radius 3 is 2.31 bits per heavy atom. The van der Waals surface area contributed by atoms with Crippen LogP contribution in [-0.2, 0) is 16.9 Å². The molecule has 0 aliphatic carbocycles. The summed E-state index contributed by atoms with van der Waals surface area (Å²) in [6, 6.07) is 23.7. The molecule has 2 atom stereocenters. The quantitative estimate of drug-likeness (QED) is 0.574. The van der Waals surface area contributed by atoms with Gasteiger partial charge in [-0.15, -0.1) is 0 Å². The molecule has 1 amide bonds. The first-order chi connectivity index (χ1) is 13.9. The number of benzene rings is 3. The van der Waals surface area contributed by atoms with Crippen molar-refractivity contribution < 1.29 is 14.7 Å². The smallest absolute Gasteiger partial charge is 0.264 e. The van der Waals surface area contributed by atoms with E-state index in [1.807, 2.05) is 42.5 Å². The van der Waals surface area contributed by atoms with Gasteiger partial charge in [0.25, 0.3) is 5.91 Å². The highest BCUT2D eigenvalue weighted by Gasteiger charge is 2.55. The summed E-state index contributed by atoms with van der Waals surface area (Å²) in [5, 5.41) is 11.7. The first-order valence-electron chi connectivity index (χ1n) is 9.40. The Bertz CT molecular complexity index is 1070. The SMILES string of the molecule is CC(C(=O)c1ccccc1)C1(O)C(=O)N(Cc2ccccc2)c2ccc(Br)cc21. The number of anilines is 1. The number of fused-ring (bicyclic) bond motifs is 1. The molecule has 146 valence electrons. The minimum Gasteiger partial charge on any atom is -0.375 e. The summed E-state index contributed by atoms with van der Waals surface area (Å²) in [5.41, 5.74) is 0.558. The van der Waals surface area contributed by atoms with Gasteiger partial charge in [-0.2, -0.15) is 0 Å². The Morgan fingerprint density at radius 2 is 1.66 bits per heavy atom. The van der Waals surface area contributed by atoms with Gasteiger partial charge < -0.3 is 10.0 Å². The summed E-state index contributed by atoms with van der Waals surface area (Å²) in [7, 11) is 0. The van der Waals surface area contributed by atoms with Gasteiger partial charge in [0.05, 0.1) is 18.2 Å². The molecule has 1 N–H and O–H groups in total. The standard InChI is InChI=1S/C24H20BrNO3/c1-16(22(27)18-10-6-3-7-11-18)24(29)20-14-19(25)12-13-21(20)26(23(24)28)15-17-8-4-2-5-9-17/h2-14,16,29H,15H2,1H3. The van der Waals surface area contributed by atoms with Crippen molar-refractivity contribution in [3.63, 3.8) is 0 Å². The highest BCUT2D eigenvalue weighted by atomic mass is 79.9. The molecule has 5 heteroatoms. The maximum Gasteiger partial charge on any atom is 0.264 e. The van der Waals surface area contributed by atoms with Crippen LogP contribution in [0.25, 0.3) is 0 Å². The van der Waals surface area contributed by atoms with Gasteiger partial charge in [-0.05, 0) is 23.8 Å². The lowest BCUT2D eigenvalue weighted by molar-refractivity contribution is -0.139. The third kappa shape index (κ3) is 3.30. The number of nitrogens with zero attached hydrogens (tertiary/aromatic N) is 1.